The second kappa shape index (κ2) is 5.51. The summed E-state index contributed by atoms with van der Waals surface area (Å²) in [5.74, 6) is 0.0731. The highest BCUT2D eigenvalue weighted by atomic mass is 16.2. The van der Waals surface area contributed by atoms with Crippen LogP contribution in [0.5, 0.6) is 0 Å². The molecule has 4 nitrogen and oxygen atoms in total. The Morgan fingerprint density at radius 2 is 1.84 bits per heavy atom. The highest BCUT2D eigenvalue weighted by Gasteiger charge is 2.24. The highest BCUT2D eigenvalue weighted by Crippen LogP contribution is 2.26. The number of carbonyl (C=O) groups is 1. The first-order valence-electron chi connectivity index (χ1n) is 6.84. The smallest absolute Gasteiger partial charge is 0.253 e. The molecule has 2 rings (SSSR count). The van der Waals surface area contributed by atoms with E-state index in [9.17, 15) is 4.79 Å². The molecule has 0 aromatic heterocycles. The number of carbonyl (C=O) groups excluding carboxylic acids is 1. The average Bonchev–Trinajstić information content (AvgIpc) is 2.90. The molecule has 4 heteroatoms. The van der Waals surface area contributed by atoms with Crippen molar-refractivity contribution in [3.8, 4) is 0 Å². The molecule has 0 aliphatic heterocycles. The lowest BCUT2D eigenvalue weighted by atomic mass is 10.1. The number of nitrogens with zero attached hydrogens (tertiary/aromatic N) is 2. The topological polar surface area (TPSA) is 49.6 Å². The number of rotatable bonds is 3. The van der Waals surface area contributed by atoms with Gasteiger partial charge in [0, 0.05) is 32.7 Å². The molecule has 0 saturated heterocycles. The number of anilines is 2. The molecule has 1 amide bonds. The van der Waals surface area contributed by atoms with Crippen LogP contribution in [0.4, 0.5) is 11.4 Å². The Bertz CT molecular complexity index is 464. The average molecular weight is 261 g/mol. The normalized spacial score (nSPS) is 15.5. The first-order chi connectivity index (χ1) is 9.00. The van der Waals surface area contributed by atoms with Crippen LogP contribution in [-0.2, 0) is 0 Å². The molecule has 104 valence electrons. The maximum atomic E-state index is 12.4. The molecular formula is C15H23N3O. The van der Waals surface area contributed by atoms with Crippen LogP contribution in [0.1, 0.15) is 36.0 Å². The zero-order chi connectivity index (χ0) is 14.0. The Labute approximate surface area is 115 Å². The fourth-order valence-corrected chi connectivity index (χ4v) is 2.76. The van der Waals surface area contributed by atoms with Gasteiger partial charge < -0.3 is 15.5 Å². The SMILES string of the molecule is CN(C)c1ccc(C(=O)N(C)C2CCCC2)cc1N. The van der Waals surface area contributed by atoms with Crippen molar-refractivity contribution in [1.82, 2.24) is 4.90 Å². The van der Waals surface area contributed by atoms with Crippen molar-refractivity contribution in [2.75, 3.05) is 31.8 Å². The molecule has 0 spiro atoms. The largest absolute Gasteiger partial charge is 0.397 e. The molecule has 1 aliphatic rings. The Morgan fingerprint density at radius 3 is 2.37 bits per heavy atom. The lowest BCUT2D eigenvalue weighted by Gasteiger charge is -2.25. The van der Waals surface area contributed by atoms with Crippen LogP contribution in [0.3, 0.4) is 0 Å². The van der Waals surface area contributed by atoms with Gasteiger partial charge in [0.05, 0.1) is 11.4 Å². The fourth-order valence-electron chi connectivity index (χ4n) is 2.76. The van der Waals surface area contributed by atoms with E-state index in [0.717, 1.165) is 18.5 Å². The Morgan fingerprint density at radius 1 is 1.21 bits per heavy atom. The van der Waals surface area contributed by atoms with Gasteiger partial charge in [0.1, 0.15) is 0 Å². The molecule has 0 heterocycles. The van der Waals surface area contributed by atoms with E-state index in [4.69, 9.17) is 5.73 Å². The van der Waals surface area contributed by atoms with Gasteiger partial charge in [-0.1, -0.05) is 12.8 Å². The van der Waals surface area contributed by atoms with Crippen molar-refractivity contribution in [2.24, 2.45) is 0 Å². The zero-order valence-corrected chi connectivity index (χ0v) is 12.0. The van der Waals surface area contributed by atoms with E-state index in [1.807, 2.05) is 43.1 Å². The van der Waals surface area contributed by atoms with Crippen molar-refractivity contribution in [3.63, 3.8) is 0 Å². The van der Waals surface area contributed by atoms with E-state index in [2.05, 4.69) is 0 Å². The van der Waals surface area contributed by atoms with Crippen molar-refractivity contribution < 1.29 is 4.79 Å². The first kappa shape index (κ1) is 13.7. The summed E-state index contributed by atoms with van der Waals surface area (Å²) in [7, 11) is 5.78. The van der Waals surface area contributed by atoms with Crippen LogP contribution in [-0.4, -0.2) is 38.0 Å². The van der Waals surface area contributed by atoms with Crippen LogP contribution >= 0.6 is 0 Å². The summed E-state index contributed by atoms with van der Waals surface area (Å²) in [6, 6.07) is 5.94. The van der Waals surface area contributed by atoms with Gasteiger partial charge in [-0.05, 0) is 31.0 Å². The molecule has 0 bridgehead atoms. The third-order valence-corrected chi connectivity index (χ3v) is 3.95. The van der Waals surface area contributed by atoms with Crippen molar-refractivity contribution in [3.05, 3.63) is 23.8 Å². The van der Waals surface area contributed by atoms with Gasteiger partial charge >= 0.3 is 0 Å². The summed E-state index contributed by atoms with van der Waals surface area (Å²) in [4.78, 5) is 16.2. The summed E-state index contributed by atoms with van der Waals surface area (Å²) in [6.45, 7) is 0. The van der Waals surface area contributed by atoms with Crippen LogP contribution in [0.25, 0.3) is 0 Å². The minimum atomic E-state index is 0.0731. The van der Waals surface area contributed by atoms with Crippen LogP contribution < -0.4 is 10.6 Å². The molecule has 0 radical (unpaired) electrons. The molecule has 1 aromatic rings. The van der Waals surface area contributed by atoms with Gasteiger partial charge in [0.25, 0.3) is 5.91 Å². The Balaban J connectivity index is 2.17. The van der Waals surface area contributed by atoms with Crippen LogP contribution in [0.15, 0.2) is 18.2 Å². The predicted octanol–water partition coefficient (Wildman–Crippen LogP) is 2.35. The predicted molar refractivity (Wildman–Crippen MR) is 79.5 cm³/mol. The number of hydrogen-bond acceptors (Lipinski definition) is 3. The number of nitrogen functional groups attached to an aromatic ring is 1. The number of nitrogens with two attached hydrogens (primary N) is 1. The van der Waals surface area contributed by atoms with Crippen molar-refractivity contribution in [2.45, 2.75) is 31.7 Å². The minimum absolute atomic E-state index is 0.0731. The van der Waals surface area contributed by atoms with Crippen LogP contribution in [0.2, 0.25) is 0 Å². The number of amides is 1. The molecule has 1 aromatic carbocycles. The number of benzene rings is 1. The lowest BCUT2D eigenvalue weighted by Crippen LogP contribution is -2.35. The summed E-state index contributed by atoms with van der Waals surface area (Å²) in [5, 5.41) is 0. The minimum Gasteiger partial charge on any atom is -0.397 e. The lowest BCUT2D eigenvalue weighted by molar-refractivity contribution is 0.0735. The standard InChI is InChI=1S/C15H23N3O/c1-17(2)14-9-8-11(10-13(14)16)15(19)18(3)12-6-4-5-7-12/h8-10,12H,4-7,16H2,1-3H3. The van der Waals surface area contributed by atoms with Gasteiger partial charge in [-0.3, -0.25) is 4.79 Å². The third kappa shape index (κ3) is 2.83. The second-order valence-corrected chi connectivity index (χ2v) is 5.52. The fraction of sp³-hybridized carbons (Fsp3) is 0.533. The van der Waals surface area contributed by atoms with Crippen molar-refractivity contribution in [1.29, 1.82) is 0 Å². The molecule has 0 unspecified atom stereocenters. The van der Waals surface area contributed by atoms with Gasteiger partial charge in [0.15, 0.2) is 0 Å². The Kier molecular flexibility index (Phi) is 3.98. The molecule has 1 saturated carbocycles. The van der Waals surface area contributed by atoms with Crippen LogP contribution in [0, 0.1) is 0 Å². The maximum Gasteiger partial charge on any atom is 0.253 e. The Hall–Kier alpha value is -1.71. The molecule has 1 aliphatic carbocycles. The van der Waals surface area contributed by atoms with E-state index >= 15 is 0 Å². The maximum absolute atomic E-state index is 12.4. The van der Waals surface area contributed by atoms with E-state index in [1.165, 1.54) is 12.8 Å². The first-order valence-corrected chi connectivity index (χ1v) is 6.84. The third-order valence-electron chi connectivity index (χ3n) is 3.95. The van der Waals surface area contributed by atoms with Crippen molar-refractivity contribution >= 4 is 17.3 Å². The molecule has 19 heavy (non-hydrogen) atoms. The highest BCUT2D eigenvalue weighted by molar-refractivity contribution is 5.96. The number of hydrogen-bond donors (Lipinski definition) is 1. The van der Waals surface area contributed by atoms with E-state index < -0.39 is 0 Å². The van der Waals surface area contributed by atoms with E-state index in [-0.39, 0.29) is 5.91 Å². The van der Waals surface area contributed by atoms with E-state index in [1.54, 1.807) is 6.07 Å². The van der Waals surface area contributed by atoms with Gasteiger partial charge in [-0.15, -0.1) is 0 Å². The van der Waals surface area contributed by atoms with E-state index in [0.29, 0.717) is 17.3 Å². The van der Waals surface area contributed by atoms with Gasteiger partial charge in [0.2, 0.25) is 0 Å². The summed E-state index contributed by atoms with van der Waals surface area (Å²) >= 11 is 0. The quantitative estimate of drug-likeness (QED) is 0.850. The monoisotopic (exact) mass is 261 g/mol. The van der Waals surface area contributed by atoms with Gasteiger partial charge in [-0.2, -0.15) is 0 Å². The molecule has 0 atom stereocenters. The summed E-state index contributed by atoms with van der Waals surface area (Å²) in [5.41, 5.74) is 8.27. The summed E-state index contributed by atoms with van der Waals surface area (Å²) in [6.07, 6.45) is 4.69. The molecular weight excluding hydrogens is 238 g/mol. The molecule has 2 N–H and O–H groups in total. The molecule has 1 fully saturated rings. The van der Waals surface area contributed by atoms with Gasteiger partial charge in [-0.25, -0.2) is 0 Å². The second-order valence-electron chi connectivity index (χ2n) is 5.52. The zero-order valence-electron chi connectivity index (χ0n) is 12.0. The summed E-state index contributed by atoms with van der Waals surface area (Å²) < 4.78 is 0.